The second-order valence-corrected chi connectivity index (χ2v) is 8.01. The van der Waals surface area contributed by atoms with Crippen LogP contribution in [0.25, 0.3) is 27.3 Å². The maximum absolute atomic E-state index is 13.4. The molecule has 0 spiro atoms. The molecule has 0 aliphatic rings. The van der Waals surface area contributed by atoms with E-state index in [0.717, 1.165) is 4.57 Å². The van der Waals surface area contributed by atoms with E-state index in [4.69, 9.17) is 9.26 Å². The van der Waals surface area contributed by atoms with Crippen molar-refractivity contribution in [2.24, 2.45) is 0 Å². The van der Waals surface area contributed by atoms with Crippen LogP contribution in [0.15, 0.2) is 74.1 Å². The van der Waals surface area contributed by atoms with E-state index in [0.29, 0.717) is 33.8 Å². The number of benzene rings is 2. The topological polar surface area (TPSA) is 92.2 Å². The summed E-state index contributed by atoms with van der Waals surface area (Å²) in [7, 11) is 0. The van der Waals surface area contributed by atoms with E-state index in [9.17, 15) is 14.0 Å². The highest BCUT2D eigenvalue weighted by Gasteiger charge is 2.18. The van der Waals surface area contributed by atoms with Crippen molar-refractivity contribution in [2.45, 2.75) is 13.5 Å². The van der Waals surface area contributed by atoms with E-state index >= 15 is 0 Å². The Hall–Kier alpha value is -4.05. The Bertz CT molecular complexity index is 1550. The second-order valence-electron chi connectivity index (χ2n) is 7.09. The van der Waals surface area contributed by atoms with E-state index in [-0.39, 0.29) is 24.1 Å². The molecule has 0 aliphatic heterocycles. The van der Waals surface area contributed by atoms with Gasteiger partial charge in [0.25, 0.3) is 5.56 Å². The number of thiophene rings is 1. The van der Waals surface area contributed by atoms with Crippen molar-refractivity contribution >= 4 is 21.6 Å². The van der Waals surface area contributed by atoms with Crippen molar-refractivity contribution in [2.75, 3.05) is 6.61 Å². The zero-order chi connectivity index (χ0) is 22.9. The van der Waals surface area contributed by atoms with Crippen molar-refractivity contribution in [3.8, 4) is 22.8 Å². The van der Waals surface area contributed by atoms with Gasteiger partial charge in [-0.2, -0.15) is 4.98 Å². The SMILES string of the molecule is CCOc1ccc(-n2c(=O)c3sccc3n(Cc3nc(-c4ccc(F)cc4)no3)c2=O)cc1. The predicted octanol–water partition coefficient (Wildman–Crippen LogP) is 3.85. The van der Waals surface area contributed by atoms with Gasteiger partial charge in [0.05, 0.1) is 17.8 Å². The van der Waals surface area contributed by atoms with E-state index in [1.807, 2.05) is 6.92 Å². The number of fused-ring (bicyclic) bond motifs is 1. The zero-order valence-electron chi connectivity index (χ0n) is 17.4. The van der Waals surface area contributed by atoms with E-state index in [1.165, 1.54) is 28.0 Å². The van der Waals surface area contributed by atoms with Crippen LogP contribution in [0.3, 0.4) is 0 Å². The third kappa shape index (κ3) is 3.85. The smallest absolute Gasteiger partial charge is 0.336 e. The Balaban J connectivity index is 1.58. The monoisotopic (exact) mass is 464 g/mol. The Kier molecular flexibility index (Phi) is 5.35. The molecule has 0 atom stereocenters. The van der Waals surface area contributed by atoms with Gasteiger partial charge in [0, 0.05) is 5.56 Å². The first-order chi connectivity index (χ1) is 16.0. The largest absolute Gasteiger partial charge is 0.494 e. The molecule has 0 amide bonds. The number of rotatable bonds is 6. The van der Waals surface area contributed by atoms with Gasteiger partial charge in [-0.05, 0) is 66.9 Å². The van der Waals surface area contributed by atoms with Gasteiger partial charge in [-0.15, -0.1) is 11.3 Å². The number of aromatic nitrogens is 4. The van der Waals surface area contributed by atoms with Crippen LogP contribution in [0.2, 0.25) is 0 Å². The summed E-state index contributed by atoms with van der Waals surface area (Å²) in [6, 6.07) is 14.1. The molecule has 0 radical (unpaired) electrons. The minimum atomic E-state index is -0.531. The number of hydrogen-bond acceptors (Lipinski definition) is 7. The molecule has 3 aromatic heterocycles. The summed E-state index contributed by atoms with van der Waals surface area (Å²) < 4.78 is 26.9. The van der Waals surface area contributed by atoms with Crippen LogP contribution >= 0.6 is 11.3 Å². The molecule has 0 N–H and O–H groups in total. The van der Waals surface area contributed by atoms with Gasteiger partial charge in [-0.25, -0.2) is 13.8 Å². The highest BCUT2D eigenvalue weighted by molar-refractivity contribution is 7.17. The molecule has 0 unspecified atom stereocenters. The molecule has 0 bridgehead atoms. The van der Waals surface area contributed by atoms with Crippen LogP contribution in [-0.4, -0.2) is 25.9 Å². The molecule has 5 aromatic rings. The molecule has 10 heteroatoms. The summed E-state index contributed by atoms with van der Waals surface area (Å²) in [4.78, 5) is 30.8. The summed E-state index contributed by atoms with van der Waals surface area (Å²) in [6.07, 6.45) is 0. The Morgan fingerprint density at radius 3 is 2.55 bits per heavy atom. The molecule has 166 valence electrons. The minimum absolute atomic E-state index is 0.0302. The normalized spacial score (nSPS) is 11.2. The third-order valence-electron chi connectivity index (χ3n) is 5.02. The third-order valence-corrected chi connectivity index (χ3v) is 5.92. The molecule has 2 aromatic carbocycles. The first-order valence-corrected chi connectivity index (χ1v) is 11.0. The average molecular weight is 464 g/mol. The van der Waals surface area contributed by atoms with Crippen LogP contribution in [0.4, 0.5) is 4.39 Å². The second kappa shape index (κ2) is 8.47. The Morgan fingerprint density at radius 2 is 1.82 bits per heavy atom. The maximum Gasteiger partial charge on any atom is 0.336 e. The highest BCUT2D eigenvalue weighted by Crippen LogP contribution is 2.20. The lowest BCUT2D eigenvalue weighted by atomic mass is 10.2. The van der Waals surface area contributed by atoms with Crippen LogP contribution in [0.1, 0.15) is 12.8 Å². The number of ether oxygens (including phenoxy) is 1. The summed E-state index contributed by atoms with van der Waals surface area (Å²) >= 11 is 1.25. The molecule has 33 heavy (non-hydrogen) atoms. The summed E-state index contributed by atoms with van der Waals surface area (Å²) in [5.41, 5.74) is 0.562. The lowest BCUT2D eigenvalue weighted by Crippen LogP contribution is -2.38. The minimum Gasteiger partial charge on any atom is -0.494 e. The van der Waals surface area contributed by atoms with Gasteiger partial charge in [-0.1, -0.05) is 5.16 Å². The van der Waals surface area contributed by atoms with Gasteiger partial charge >= 0.3 is 5.69 Å². The quantitative estimate of drug-likeness (QED) is 0.379. The molecule has 0 saturated carbocycles. The molecule has 0 fully saturated rings. The Morgan fingerprint density at radius 1 is 1.06 bits per heavy atom. The van der Waals surface area contributed by atoms with E-state index < -0.39 is 11.2 Å². The fraction of sp³-hybridized carbons (Fsp3) is 0.130. The van der Waals surface area contributed by atoms with Crippen molar-refractivity contribution in [3.63, 3.8) is 0 Å². The van der Waals surface area contributed by atoms with Crippen molar-refractivity contribution < 1.29 is 13.7 Å². The lowest BCUT2D eigenvalue weighted by Gasteiger charge is -2.11. The van der Waals surface area contributed by atoms with Crippen LogP contribution in [-0.2, 0) is 6.54 Å². The van der Waals surface area contributed by atoms with Crippen molar-refractivity contribution in [3.05, 3.63) is 92.5 Å². The van der Waals surface area contributed by atoms with Crippen LogP contribution in [0.5, 0.6) is 5.75 Å². The number of halogens is 1. The summed E-state index contributed by atoms with van der Waals surface area (Å²) in [6.45, 7) is 2.36. The first kappa shape index (κ1) is 20.8. The standard InChI is InChI=1S/C23H17FN4O4S/c1-2-31-17-9-7-16(8-10-17)28-22(29)20-18(11-12-33-20)27(23(28)30)13-19-25-21(26-32-19)14-3-5-15(24)6-4-14/h3-12H,2,13H2,1H3. The van der Waals surface area contributed by atoms with Gasteiger partial charge in [0.15, 0.2) is 0 Å². The number of nitrogens with zero attached hydrogens (tertiary/aromatic N) is 4. The molecule has 0 aliphatic carbocycles. The van der Waals surface area contributed by atoms with Gasteiger partial charge in [-0.3, -0.25) is 9.36 Å². The van der Waals surface area contributed by atoms with Crippen molar-refractivity contribution in [1.29, 1.82) is 0 Å². The average Bonchev–Trinajstić information content (AvgIpc) is 3.49. The molecular formula is C23H17FN4O4S. The van der Waals surface area contributed by atoms with Crippen LogP contribution in [0, 0.1) is 5.82 Å². The van der Waals surface area contributed by atoms with E-state index in [2.05, 4.69) is 10.1 Å². The number of hydrogen-bond donors (Lipinski definition) is 0. The summed E-state index contributed by atoms with van der Waals surface area (Å²) in [5, 5.41) is 5.68. The Labute approximate surface area is 190 Å². The molecule has 8 nitrogen and oxygen atoms in total. The predicted molar refractivity (Wildman–Crippen MR) is 122 cm³/mol. The maximum atomic E-state index is 13.4. The summed E-state index contributed by atoms with van der Waals surface area (Å²) in [5.74, 6) is 0.733. The van der Waals surface area contributed by atoms with E-state index in [1.54, 1.807) is 47.8 Å². The van der Waals surface area contributed by atoms with Gasteiger partial charge in [0.2, 0.25) is 11.7 Å². The lowest BCUT2D eigenvalue weighted by molar-refractivity contribution is 0.340. The first-order valence-electron chi connectivity index (χ1n) is 10.1. The molecular weight excluding hydrogens is 447 g/mol. The van der Waals surface area contributed by atoms with Crippen molar-refractivity contribution in [1.82, 2.24) is 19.3 Å². The highest BCUT2D eigenvalue weighted by atomic mass is 32.1. The zero-order valence-corrected chi connectivity index (χ0v) is 18.2. The fourth-order valence-electron chi connectivity index (χ4n) is 3.50. The van der Waals surface area contributed by atoms with Gasteiger partial charge in [0.1, 0.15) is 22.8 Å². The van der Waals surface area contributed by atoms with Crippen LogP contribution < -0.4 is 16.0 Å². The fourth-order valence-corrected chi connectivity index (χ4v) is 4.32. The molecule has 0 saturated heterocycles. The molecule has 5 rings (SSSR count). The van der Waals surface area contributed by atoms with Gasteiger partial charge < -0.3 is 9.26 Å². The molecule has 3 heterocycles.